The molecule has 0 amide bonds. The fraction of sp³-hybridized carbons (Fsp3) is 0.438. The van der Waals surface area contributed by atoms with Crippen molar-refractivity contribution < 1.29 is 13.9 Å². The van der Waals surface area contributed by atoms with E-state index in [-0.39, 0.29) is 29.5 Å². The summed E-state index contributed by atoms with van der Waals surface area (Å²) >= 11 is 12.2. The van der Waals surface area contributed by atoms with Crippen LogP contribution < -0.4 is 0 Å². The molecule has 25 heavy (non-hydrogen) atoms. The van der Waals surface area contributed by atoms with Crippen molar-refractivity contribution >= 4 is 40.7 Å². The molecule has 9 heteroatoms. The van der Waals surface area contributed by atoms with Crippen LogP contribution >= 0.6 is 23.2 Å². The highest BCUT2D eigenvalue weighted by atomic mass is 35.5. The molecule has 0 aliphatic carbocycles. The van der Waals surface area contributed by atoms with E-state index < -0.39 is 17.8 Å². The topological polar surface area (TPSA) is 80.5 Å². The fourth-order valence-corrected chi connectivity index (χ4v) is 3.20. The van der Waals surface area contributed by atoms with Crippen LogP contribution in [0.15, 0.2) is 12.1 Å². The molecule has 1 aromatic rings. The van der Waals surface area contributed by atoms with Crippen molar-refractivity contribution in [3.8, 4) is 0 Å². The summed E-state index contributed by atoms with van der Waals surface area (Å²) < 4.78 is 18.3. The lowest BCUT2D eigenvalue weighted by Crippen LogP contribution is -2.56. The summed E-state index contributed by atoms with van der Waals surface area (Å²) in [6.07, 6.45) is 0.0143. The van der Waals surface area contributed by atoms with Gasteiger partial charge in [0.15, 0.2) is 0 Å². The minimum atomic E-state index is -0.734. The normalized spacial score (nSPS) is 18.4. The van der Waals surface area contributed by atoms with Crippen LogP contribution in [0.2, 0.25) is 10.0 Å². The summed E-state index contributed by atoms with van der Waals surface area (Å²) in [4.78, 5) is 15.2. The first-order valence-corrected chi connectivity index (χ1v) is 8.33. The Kier molecular flexibility index (Phi) is 6.37. The molecule has 1 aliphatic rings. The van der Waals surface area contributed by atoms with Gasteiger partial charge in [0, 0.05) is 43.7 Å². The maximum Gasteiger partial charge on any atom is 0.351 e. The first-order chi connectivity index (χ1) is 11.8. The molecule has 1 saturated heterocycles. The molecular formula is C16H19Cl2FN4O2. The summed E-state index contributed by atoms with van der Waals surface area (Å²) in [6.45, 7) is 1.36. The van der Waals surface area contributed by atoms with Crippen molar-refractivity contribution in [2.75, 3.05) is 27.2 Å². The van der Waals surface area contributed by atoms with Crippen LogP contribution in [0.25, 0.3) is 0 Å². The monoisotopic (exact) mass is 388 g/mol. The predicted molar refractivity (Wildman–Crippen MR) is 95.3 cm³/mol. The summed E-state index contributed by atoms with van der Waals surface area (Å²) in [5.41, 5.74) is 0.198. The smallest absolute Gasteiger partial charge is 0.351 e. The lowest BCUT2D eigenvalue weighted by atomic mass is 10.0. The van der Waals surface area contributed by atoms with Gasteiger partial charge in [0.05, 0.1) is 18.2 Å². The van der Waals surface area contributed by atoms with E-state index in [2.05, 4.69) is 4.74 Å². The largest absolute Gasteiger partial charge is 0.465 e. The SMILES string of the molecule is COC(=O)C(=N)CC1C(=N)N(C)CCN1Cc1c(Cl)ccc(F)c1Cl. The number of carbonyl (C=O) groups is 1. The molecule has 1 fully saturated rings. The molecule has 1 heterocycles. The number of esters is 1. The average molecular weight is 389 g/mol. The lowest BCUT2D eigenvalue weighted by molar-refractivity contribution is -0.133. The average Bonchev–Trinajstić information content (AvgIpc) is 2.59. The van der Waals surface area contributed by atoms with E-state index in [4.69, 9.17) is 34.0 Å². The number of nitrogens with zero attached hydrogens (tertiary/aromatic N) is 2. The molecule has 0 saturated carbocycles. The van der Waals surface area contributed by atoms with Crippen LogP contribution in [0, 0.1) is 16.6 Å². The number of rotatable bonds is 5. The minimum absolute atomic E-state index is 0.0143. The number of nitrogens with one attached hydrogen (secondary N) is 2. The van der Waals surface area contributed by atoms with E-state index in [1.165, 1.54) is 19.2 Å². The van der Waals surface area contributed by atoms with Gasteiger partial charge < -0.3 is 9.64 Å². The molecule has 2 N–H and O–H groups in total. The highest BCUT2D eigenvalue weighted by Gasteiger charge is 2.33. The summed E-state index contributed by atoms with van der Waals surface area (Å²) in [5, 5.41) is 16.4. The number of halogens is 3. The van der Waals surface area contributed by atoms with Crippen LogP contribution in [0.4, 0.5) is 4.39 Å². The van der Waals surface area contributed by atoms with Gasteiger partial charge in [-0.2, -0.15) is 0 Å². The molecule has 0 radical (unpaired) electrons. The van der Waals surface area contributed by atoms with Crippen molar-refractivity contribution in [3.63, 3.8) is 0 Å². The van der Waals surface area contributed by atoms with Crippen LogP contribution in [0.1, 0.15) is 12.0 Å². The first kappa shape index (κ1) is 19.6. The minimum Gasteiger partial charge on any atom is -0.465 e. The predicted octanol–water partition coefficient (Wildman–Crippen LogP) is 2.81. The Bertz CT molecular complexity index is 714. The molecular weight excluding hydrogens is 370 g/mol. The van der Waals surface area contributed by atoms with Gasteiger partial charge >= 0.3 is 5.97 Å². The molecule has 1 aromatic carbocycles. The van der Waals surface area contributed by atoms with Crippen molar-refractivity contribution in [3.05, 3.63) is 33.6 Å². The van der Waals surface area contributed by atoms with E-state index in [0.29, 0.717) is 23.7 Å². The summed E-state index contributed by atoms with van der Waals surface area (Å²) in [7, 11) is 2.98. The van der Waals surface area contributed by atoms with Crippen molar-refractivity contribution in [2.45, 2.75) is 19.0 Å². The third-order valence-electron chi connectivity index (χ3n) is 4.22. The van der Waals surface area contributed by atoms with Crippen molar-refractivity contribution in [1.82, 2.24) is 9.80 Å². The number of ether oxygens (including phenoxy) is 1. The van der Waals surface area contributed by atoms with Gasteiger partial charge in [0.2, 0.25) is 0 Å². The number of benzene rings is 1. The zero-order chi connectivity index (χ0) is 18.7. The molecule has 0 bridgehead atoms. The number of hydrogen-bond acceptors (Lipinski definition) is 5. The van der Waals surface area contributed by atoms with Crippen molar-refractivity contribution in [2.24, 2.45) is 0 Å². The number of likely N-dealkylation sites (N-methyl/N-ethyl adjacent to an activating group) is 1. The van der Waals surface area contributed by atoms with Gasteiger partial charge in [-0.3, -0.25) is 15.7 Å². The highest BCUT2D eigenvalue weighted by Crippen LogP contribution is 2.30. The molecule has 2 rings (SSSR count). The van der Waals surface area contributed by atoms with Crippen molar-refractivity contribution in [1.29, 1.82) is 10.8 Å². The first-order valence-electron chi connectivity index (χ1n) is 7.58. The zero-order valence-electron chi connectivity index (χ0n) is 13.9. The molecule has 1 unspecified atom stereocenters. The second-order valence-electron chi connectivity index (χ2n) is 5.79. The molecule has 136 valence electrons. The Morgan fingerprint density at radius 1 is 1.40 bits per heavy atom. The lowest BCUT2D eigenvalue weighted by Gasteiger charge is -2.41. The Morgan fingerprint density at radius 3 is 2.72 bits per heavy atom. The van der Waals surface area contributed by atoms with E-state index >= 15 is 0 Å². The van der Waals surface area contributed by atoms with E-state index in [0.717, 1.165) is 0 Å². The number of piperazine rings is 1. The second kappa shape index (κ2) is 8.12. The van der Waals surface area contributed by atoms with Crippen LogP contribution in [-0.2, 0) is 16.1 Å². The fourth-order valence-electron chi connectivity index (χ4n) is 2.71. The van der Waals surface area contributed by atoms with E-state index in [1.54, 1.807) is 11.9 Å². The van der Waals surface area contributed by atoms with Gasteiger partial charge in [-0.15, -0.1) is 0 Å². The zero-order valence-corrected chi connectivity index (χ0v) is 15.4. The van der Waals surface area contributed by atoms with Crippen LogP contribution in [0.3, 0.4) is 0 Å². The third kappa shape index (κ3) is 4.29. The number of carbonyl (C=O) groups excluding carboxylic acids is 1. The number of methoxy groups -OCH3 is 1. The van der Waals surface area contributed by atoms with Gasteiger partial charge in [-0.05, 0) is 12.1 Å². The van der Waals surface area contributed by atoms with Crippen LogP contribution in [0.5, 0.6) is 0 Å². The third-order valence-corrected chi connectivity index (χ3v) is 4.98. The Labute approximate surface area is 155 Å². The van der Waals surface area contributed by atoms with Gasteiger partial charge in [0.1, 0.15) is 17.4 Å². The van der Waals surface area contributed by atoms with Gasteiger partial charge in [-0.1, -0.05) is 23.2 Å². The Hall–Kier alpha value is -1.70. The summed E-state index contributed by atoms with van der Waals surface area (Å²) in [5.74, 6) is -1.03. The highest BCUT2D eigenvalue weighted by molar-refractivity contribution is 6.36. The molecule has 1 aliphatic heterocycles. The van der Waals surface area contributed by atoms with E-state index in [9.17, 15) is 9.18 Å². The molecule has 1 atom stereocenters. The number of amidine groups is 1. The molecule has 6 nitrogen and oxygen atoms in total. The standard InChI is InChI=1S/C16H19Cl2FN4O2/c1-22-5-6-23(8-9-10(17)3-4-11(19)14(9)18)13(15(22)21)7-12(20)16(24)25-2/h3-4,13,20-21H,5-8H2,1-2H3. The quantitative estimate of drug-likeness (QED) is 0.461. The second-order valence-corrected chi connectivity index (χ2v) is 6.57. The van der Waals surface area contributed by atoms with Gasteiger partial charge in [0.25, 0.3) is 0 Å². The Balaban J connectivity index is 2.28. The maximum atomic E-state index is 13.8. The molecule has 0 aromatic heterocycles. The summed E-state index contributed by atoms with van der Waals surface area (Å²) in [6, 6.07) is 2.11. The molecule has 0 spiro atoms. The van der Waals surface area contributed by atoms with Crippen LogP contribution in [-0.4, -0.2) is 60.6 Å². The maximum absolute atomic E-state index is 13.8. The number of hydrogen-bond donors (Lipinski definition) is 2. The van der Waals surface area contributed by atoms with E-state index in [1.807, 2.05) is 4.90 Å². The van der Waals surface area contributed by atoms with Gasteiger partial charge in [-0.25, -0.2) is 9.18 Å². The Morgan fingerprint density at radius 2 is 2.08 bits per heavy atom.